The average Bonchev–Trinajstić information content (AvgIpc) is 2.46. The average molecular weight is 310 g/mol. The Hall–Kier alpha value is -1.12. The molecule has 0 saturated heterocycles. The molecule has 0 aliphatic heterocycles. The first-order valence-electron chi connectivity index (χ1n) is 8.88. The van der Waals surface area contributed by atoms with E-state index in [0.29, 0.717) is 5.78 Å². The summed E-state index contributed by atoms with van der Waals surface area (Å²) >= 11 is 0. The normalized spacial score (nSPS) is 12.5. The molecular formula is C19H34O3. The van der Waals surface area contributed by atoms with Gasteiger partial charge in [-0.25, -0.2) is 0 Å². The molecule has 0 heterocycles. The van der Waals surface area contributed by atoms with Crippen molar-refractivity contribution in [3.63, 3.8) is 0 Å². The molecule has 0 rings (SSSR count). The number of ketones is 1. The van der Waals surface area contributed by atoms with Crippen molar-refractivity contribution in [2.75, 3.05) is 0 Å². The molecule has 0 spiro atoms. The lowest BCUT2D eigenvalue weighted by Crippen LogP contribution is -2.14. The molecule has 0 aliphatic rings. The topological polar surface area (TPSA) is 43.4 Å². The van der Waals surface area contributed by atoms with Crippen molar-refractivity contribution >= 4 is 11.8 Å². The minimum absolute atomic E-state index is 0.0842. The van der Waals surface area contributed by atoms with E-state index in [9.17, 15) is 9.59 Å². The lowest BCUT2D eigenvalue weighted by molar-refractivity contribution is -0.146. The van der Waals surface area contributed by atoms with E-state index in [1.807, 2.05) is 0 Å². The summed E-state index contributed by atoms with van der Waals surface area (Å²) in [5, 5.41) is 0. The number of carbonyl (C=O) groups excluding carboxylic acids is 2. The van der Waals surface area contributed by atoms with Gasteiger partial charge in [0.1, 0.15) is 11.9 Å². The lowest BCUT2D eigenvalue weighted by atomic mass is 10.1. The highest BCUT2D eigenvalue weighted by Crippen LogP contribution is 2.11. The molecule has 0 saturated carbocycles. The molecule has 3 heteroatoms. The van der Waals surface area contributed by atoms with Crippen molar-refractivity contribution in [3.05, 3.63) is 12.2 Å². The summed E-state index contributed by atoms with van der Waals surface area (Å²) in [4.78, 5) is 21.7. The SMILES string of the molecule is CCC(CCC/C=C/CCCCCCCC(C)=O)OC(C)=O. The molecule has 0 aromatic heterocycles. The van der Waals surface area contributed by atoms with Crippen LogP contribution in [-0.2, 0) is 14.3 Å². The number of rotatable bonds is 14. The predicted molar refractivity (Wildman–Crippen MR) is 91.8 cm³/mol. The van der Waals surface area contributed by atoms with E-state index in [1.165, 1.54) is 32.6 Å². The number of allylic oxidation sites excluding steroid dienone is 2. The van der Waals surface area contributed by atoms with Gasteiger partial charge in [-0.1, -0.05) is 38.3 Å². The van der Waals surface area contributed by atoms with Crippen LogP contribution >= 0.6 is 0 Å². The number of unbranched alkanes of at least 4 members (excludes halogenated alkanes) is 6. The van der Waals surface area contributed by atoms with E-state index in [4.69, 9.17) is 4.74 Å². The number of hydrogen-bond donors (Lipinski definition) is 0. The van der Waals surface area contributed by atoms with E-state index < -0.39 is 0 Å². The van der Waals surface area contributed by atoms with Crippen molar-refractivity contribution in [2.45, 2.75) is 97.5 Å². The number of carbonyl (C=O) groups is 2. The minimum Gasteiger partial charge on any atom is -0.463 e. The molecule has 128 valence electrons. The molecule has 0 aromatic rings. The maximum Gasteiger partial charge on any atom is 0.302 e. The van der Waals surface area contributed by atoms with Gasteiger partial charge in [-0.05, 0) is 51.9 Å². The molecule has 0 aromatic carbocycles. The fourth-order valence-electron chi connectivity index (χ4n) is 2.45. The smallest absolute Gasteiger partial charge is 0.302 e. The van der Waals surface area contributed by atoms with E-state index in [-0.39, 0.29) is 12.1 Å². The van der Waals surface area contributed by atoms with Crippen molar-refractivity contribution in [3.8, 4) is 0 Å². The third-order valence-corrected chi connectivity index (χ3v) is 3.75. The molecule has 0 amide bonds. The van der Waals surface area contributed by atoms with E-state index in [2.05, 4.69) is 19.1 Å². The number of hydrogen-bond acceptors (Lipinski definition) is 3. The molecule has 0 fully saturated rings. The monoisotopic (exact) mass is 310 g/mol. The highest BCUT2D eigenvalue weighted by Gasteiger charge is 2.07. The summed E-state index contributed by atoms with van der Waals surface area (Å²) < 4.78 is 5.22. The Balaban J connectivity index is 3.37. The van der Waals surface area contributed by atoms with Crippen LogP contribution in [0.15, 0.2) is 12.2 Å². The van der Waals surface area contributed by atoms with Gasteiger partial charge in [0, 0.05) is 13.3 Å². The van der Waals surface area contributed by atoms with E-state index in [0.717, 1.165) is 44.9 Å². The van der Waals surface area contributed by atoms with Crippen LogP contribution in [0.1, 0.15) is 91.4 Å². The largest absolute Gasteiger partial charge is 0.463 e. The fourth-order valence-corrected chi connectivity index (χ4v) is 2.45. The van der Waals surface area contributed by atoms with Crippen molar-refractivity contribution in [1.29, 1.82) is 0 Å². The van der Waals surface area contributed by atoms with Crippen LogP contribution < -0.4 is 0 Å². The van der Waals surface area contributed by atoms with Gasteiger partial charge in [-0.2, -0.15) is 0 Å². The number of Topliss-reactive ketones (excluding diaryl/α,β-unsaturated/α-hetero) is 1. The maximum atomic E-state index is 10.9. The highest BCUT2D eigenvalue weighted by atomic mass is 16.5. The second-order valence-electron chi connectivity index (χ2n) is 6.05. The maximum absolute atomic E-state index is 10.9. The Labute approximate surface area is 136 Å². The Kier molecular flexibility index (Phi) is 14.0. The Bertz CT molecular complexity index is 321. The first-order valence-corrected chi connectivity index (χ1v) is 8.88. The Morgan fingerprint density at radius 3 is 2.09 bits per heavy atom. The summed E-state index contributed by atoms with van der Waals surface area (Å²) in [5.41, 5.74) is 0. The van der Waals surface area contributed by atoms with Crippen molar-refractivity contribution < 1.29 is 14.3 Å². The zero-order chi connectivity index (χ0) is 16.6. The summed E-state index contributed by atoms with van der Waals surface area (Å²) in [6.07, 6.45) is 16.4. The molecule has 0 bridgehead atoms. The first kappa shape index (κ1) is 20.9. The number of esters is 1. The molecule has 0 N–H and O–H groups in total. The first-order chi connectivity index (χ1) is 10.6. The van der Waals surface area contributed by atoms with Crippen LogP contribution in [0.5, 0.6) is 0 Å². The summed E-state index contributed by atoms with van der Waals surface area (Å²) in [6, 6.07) is 0. The van der Waals surface area contributed by atoms with E-state index in [1.54, 1.807) is 6.92 Å². The summed E-state index contributed by atoms with van der Waals surface area (Å²) in [6.45, 7) is 5.20. The van der Waals surface area contributed by atoms with Crippen LogP contribution in [0.4, 0.5) is 0 Å². The second kappa shape index (κ2) is 14.8. The molecule has 3 nitrogen and oxygen atoms in total. The van der Waals surface area contributed by atoms with Gasteiger partial charge in [0.25, 0.3) is 0 Å². The highest BCUT2D eigenvalue weighted by molar-refractivity contribution is 5.75. The van der Waals surface area contributed by atoms with Crippen molar-refractivity contribution in [2.24, 2.45) is 0 Å². The molecule has 0 radical (unpaired) electrons. The van der Waals surface area contributed by atoms with Crippen molar-refractivity contribution in [1.82, 2.24) is 0 Å². The standard InChI is InChI=1S/C19H34O3/c1-4-19(22-18(3)21)16-14-12-10-8-6-5-7-9-11-13-15-17(2)20/h8,10,19H,4-7,9,11-16H2,1-3H3/b10-8+. The van der Waals surface area contributed by atoms with Crippen LogP contribution in [0.2, 0.25) is 0 Å². The Morgan fingerprint density at radius 1 is 0.909 bits per heavy atom. The van der Waals surface area contributed by atoms with Gasteiger partial charge in [0.15, 0.2) is 0 Å². The van der Waals surface area contributed by atoms with Crippen LogP contribution in [0, 0.1) is 0 Å². The van der Waals surface area contributed by atoms with Crippen LogP contribution in [0.25, 0.3) is 0 Å². The summed E-state index contributed by atoms with van der Waals surface area (Å²) in [7, 11) is 0. The van der Waals surface area contributed by atoms with Gasteiger partial charge in [0.05, 0.1) is 0 Å². The molecule has 22 heavy (non-hydrogen) atoms. The fraction of sp³-hybridized carbons (Fsp3) is 0.789. The predicted octanol–water partition coefficient (Wildman–Crippen LogP) is 5.37. The zero-order valence-corrected chi connectivity index (χ0v) is 14.7. The van der Waals surface area contributed by atoms with E-state index >= 15 is 0 Å². The zero-order valence-electron chi connectivity index (χ0n) is 14.7. The van der Waals surface area contributed by atoms with Crippen LogP contribution in [0.3, 0.4) is 0 Å². The third-order valence-electron chi connectivity index (χ3n) is 3.75. The van der Waals surface area contributed by atoms with Gasteiger partial charge in [0.2, 0.25) is 0 Å². The van der Waals surface area contributed by atoms with Gasteiger partial charge < -0.3 is 9.53 Å². The Morgan fingerprint density at radius 2 is 1.50 bits per heavy atom. The second-order valence-corrected chi connectivity index (χ2v) is 6.05. The lowest BCUT2D eigenvalue weighted by Gasteiger charge is -2.13. The number of ether oxygens (including phenoxy) is 1. The minimum atomic E-state index is -0.175. The van der Waals surface area contributed by atoms with Gasteiger partial charge in [-0.3, -0.25) is 4.79 Å². The van der Waals surface area contributed by atoms with Crippen LogP contribution in [-0.4, -0.2) is 17.9 Å². The molecular weight excluding hydrogens is 276 g/mol. The molecule has 1 atom stereocenters. The van der Waals surface area contributed by atoms with Gasteiger partial charge in [-0.15, -0.1) is 0 Å². The molecule has 0 aliphatic carbocycles. The summed E-state index contributed by atoms with van der Waals surface area (Å²) in [5.74, 6) is 0.132. The molecule has 1 unspecified atom stereocenters. The van der Waals surface area contributed by atoms with Gasteiger partial charge >= 0.3 is 5.97 Å². The quantitative estimate of drug-likeness (QED) is 0.246. The third kappa shape index (κ3) is 15.3.